The fourth-order valence-corrected chi connectivity index (χ4v) is 3.14. The highest BCUT2D eigenvalue weighted by molar-refractivity contribution is 7.98. The van der Waals surface area contributed by atoms with Gasteiger partial charge >= 0.3 is 0 Å². The number of halogens is 2. The standard InChI is InChI=1S/C17H11F2N5S/c18-13-4-3-11(8-14(13)19)10-25-17-22-21-16-6-5-15(23-24(16)17)12-2-1-7-20-9-12/h1-9H,10H2. The minimum atomic E-state index is -0.860. The summed E-state index contributed by atoms with van der Waals surface area (Å²) in [7, 11) is 0. The number of aromatic nitrogens is 5. The molecule has 0 spiro atoms. The van der Waals surface area contributed by atoms with Crippen LogP contribution in [0.3, 0.4) is 0 Å². The van der Waals surface area contributed by atoms with Crippen molar-refractivity contribution in [2.24, 2.45) is 0 Å². The van der Waals surface area contributed by atoms with Crippen LogP contribution in [0, 0.1) is 11.6 Å². The Bertz CT molecular complexity index is 1040. The summed E-state index contributed by atoms with van der Waals surface area (Å²) < 4.78 is 27.9. The molecule has 0 fully saturated rings. The molecule has 0 radical (unpaired) electrons. The van der Waals surface area contributed by atoms with E-state index in [-0.39, 0.29) is 0 Å². The van der Waals surface area contributed by atoms with Crippen molar-refractivity contribution in [2.75, 3.05) is 0 Å². The zero-order valence-electron chi connectivity index (χ0n) is 12.8. The molecule has 8 heteroatoms. The molecule has 3 heterocycles. The molecule has 0 amide bonds. The predicted molar refractivity (Wildman–Crippen MR) is 89.9 cm³/mol. The Morgan fingerprint density at radius 1 is 1.00 bits per heavy atom. The minimum Gasteiger partial charge on any atom is -0.264 e. The first-order valence-electron chi connectivity index (χ1n) is 7.40. The van der Waals surface area contributed by atoms with E-state index in [9.17, 15) is 8.78 Å². The summed E-state index contributed by atoms with van der Waals surface area (Å²) >= 11 is 1.35. The van der Waals surface area contributed by atoms with Crippen LogP contribution in [0.4, 0.5) is 8.78 Å². The lowest BCUT2D eigenvalue weighted by atomic mass is 10.2. The van der Waals surface area contributed by atoms with E-state index in [2.05, 4.69) is 20.3 Å². The lowest BCUT2D eigenvalue weighted by Gasteiger charge is -2.03. The van der Waals surface area contributed by atoms with Gasteiger partial charge < -0.3 is 0 Å². The molecule has 0 atom stereocenters. The van der Waals surface area contributed by atoms with E-state index in [1.165, 1.54) is 17.8 Å². The second-order valence-electron chi connectivity index (χ2n) is 5.25. The first-order valence-corrected chi connectivity index (χ1v) is 8.39. The second kappa shape index (κ2) is 6.56. The van der Waals surface area contributed by atoms with E-state index >= 15 is 0 Å². The fraction of sp³-hybridized carbons (Fsp3) is 0.0588. The Labute approximate surface area is 145 Å². The molecule has 5 nitrogen and oxygen atoms in total. The van der Waals surface area contributed by atoms with Crippen LogP contribution in [0.1, 0.15) is 5.56 Å². The van der Waals surface area contributed by atoms with Crippen LogP contribution in [0.25, 0.3) is 16.9 Å². The molecule has 0 saturated heterocycles. The van der Waals surface area contributed by atoms with Crippen molar-refractivity contribution in [1.82, 2.24) is 24.8 Å². The fourth-order valence-electron chi connectivity index (χ4n) is 2.30. The number of pyridine rings is 1. The maximum Gasteiger partial charge on any atom is 0.212 e. The van der Waals surface area contributed by atoms with Gasteiger partial charge in [0.25, 0.3) is 0 Å². The number of rotatable bonds is 4. The van der Waals surface area contributed by atoms with Crippen LogP contribution < -0.4 is 0 Å². The molecule has 0 aliphatic heterocycles. The third kappa shape index (κ3) is 3.20. The minimum absolute atomic E-state index is 0.427. The number of thioether (sulfide) groups is 1. The third-order valence-electron chi connectivity index (χ3n) is 3.54. The van der Waals surface area contributed by atoms with E-state index in [1.54, 1.807) is 23.0 Å². The van der Waals surface area contributed by atoms with Gasteiger partial charge in [-0.05, 0) is 42.0 Å². The summed E-state index contributed by atoms with van der Waals surface area (Å²) in [5.41, 5.74) is 2.90. The summed E-state index contributed by atoms with van der Waals surface area (Å²) in [6.07, 6.45) is 3.43. The van der Waals surface area contributed by atoms with Gasteiger partial charge in [-0.1, -0.05) is 17.8 Å². The van der Waals surface area contributed by atoms with Crippen molar-refractivity contribution in [3.63, 3.8) is 0 Å². The molecule has 124 valence electrons. The summed E-state index contributed by atoms with van der Waals surface area (Å²) in [4.78, 5) is 4.09. The molecule has 3 aromatic heterocycles. The number of hydrogen-bond donors (Lipinski definition) is 0. The lowest BCUT2D eigenvalue weighted by Crippen LogP contribution is -1.97. The largest absolute Gasteiger partial charge is 0.264 e. The van der Waals surface area contributed by atoms with Gasteiger partial charge in [-0.15, -0.1) is 10.2 Å². The van der Waals surface area contributed by atoms with Crippen LogP contribution in [-0.4, -0.2) is 24.8 Å². The van der Waals surface area contributed by atoms with Crippen molar-refractivity contribution in [3.05, 3.63) is 72.1 Å². The topological polar surface area (TPSA) is 56.0 Å². The van der Waals surface area contributed by atoms with Gasteiger partial charge in [0.2, 0.25) is 5.16 Å². The van der Waals surface area contributed by atoms with Gasteiger partial charge in [0.15, 0.2) is 17.3 Å². The van der Waals surface area contributed by atoms with Crippen LogP contribution in [0.2, 0.25) is 0 Å². The van der Waals surface area contributed by atoms with Crippen molar-refractivity contribution in [2.45, 2.75) is 10.9 Å². The summed E-state index contributed by atoms with van der Waals surface area (Å²) in [5, 5.41) is 13.3. The zero-order valence-corrected chi connectivity index (χ0v) is 13.6. The van der Waals surface area contributed by atoms with E-state index in [4.69, 9.17) is 0 Å². The van der Waals surface area contributed by atoms with E-state index in [0.29, 0.717) is 22.1 Å². The van der Waals surface area contributed by atoms with Crippen molar-refractivity contribution < 1.29 is 8.78 Å². The highest BCUT2D eigenvalue weighted by atomic mass is 32.2. The quantitative estimate of drug-likeness (QED) is 0.522. The van der Waals surface area contributed by atoms with Crippen molar-refractivity contribution in [1.29, 1.82) is 0 Å². The molecule has 0 unspecified atom stereocenters. The second-order valence-corrected chi connectivity index (χ2v) is 6.19. The molecule has 0 saturated carbocycles. The maximum absolute atomic E-state index is 13.3. The average molecular weight is 355 g/mol. The van der Waals surface area contributed by atoms with Gasteiger partial charge in [-0.25, -0.2) is 8.78 Å². The Morgan fingerprint density at radius 2 is 1.92 bits per heavy atom. The van der Waals surface area contributed by atoms with Gasteiger partial charge in [-0.2, -0.15) is 9.61 Å². The van der Waals surface area contributed by atoms with Crippen LogP contribution in [0.15, 0.2) is 60.0 Å². The van der Waals surface area contributed by atoms with E-state index < -0.39 is 11.6 Å². The van der Waals surface area contributed by atoms with E-state index in [1.807, 2.05) is 24.3 Å². The highest BCUT2D eigenvalue weighted by Crippen LogP contribution is 2.23. The zero-order chi connectivity index (χ0) is 17.2. The van der Waals surface area contributed by atoms with Crippen molar-refractivity contribution in [3.8, 4) is 11.3 Å². The summed E-state index contributed by atoms with van der Waals surface area (Å²) in [6, 6.07) is 11.3. The highest BCUT2D eigenvalue weighted by Gasteiger charge is 2.10. The normalized spacial score (nSPS) is 11.1. The summed E-state index contributed by atoms with van der Waals surface area (Å²) in [5.74, 6) is -1.29. The Morgan fingerprint density at radius 3 is 2.72 bits per heavy atom. The van der Waals surface area contributed by atoms with Gasteiger partial charge in [0, 0.05) is 23.7 Å². The number of benzene rings is 1. The average Bonchev–Trinajstić information content (AvgIpc) is 3.06. The van der Waals surface area contributed by atoms with E-state index in [0.717, 1.165) is 17.3 Å². The van der Waals surface area contributed by atoms with Crippen molar-refractivity contribution >= 4 is 17.4 Å². The Kier molecular flexibility index (Phi) is 4.10. The Hall–Kier alpha value is -2.87. The molecule has 0 N–H and O–H groups in total. The van der Waals surface area contributed by atoms with Crippen LogP contribution in [-0.2, 0) is 5.75 Å². The van der Waals surface area contributed by atoms with Gasteiger partial charge in [-0.3, -0.25) is 4.98 Å². The van der Waals surface area contributed by atoms with Gasteiger partial charge in [0.05, 0.1) is 5.69 Å². The number of nitrogens with zero attached hydrogens (tertiary/aromatic N) is 5. The molecular formula is C17H11F2N5S. The maximum atomic E-state index is 13.3. The molecular weight excluding hydrogens is 344 g/mol. The predicted octanol–water partition coefficient (Wildman–Crippen LogP) is 3.76. The Balaban J connectivity index is 1.62. The number of hydrogen-bond acceptors (Lipinski definition) is 5. The molecule has 0 bridgehead atoms. The molecule has 1 aromatic carbocycles. The molecule has 25 heavy (non-hydrogen) atoms. The molecule has 0 aliphatic rings. The summed E-state index contributed by atoms with van der Waals surface area (Å²) in [6.45, 7) is 0. The first kappa shape index (κ1) is 15.6. The monoisotopic (exact) mass is 355 g/mol. The molecule has 4 rings (SSSR count). The SMILES string of the molecule is Fc1ccc(CSc2nnc3ccc(-c4cccnc4)nn23)cc1F. The smallest absolute Gasteiger partial charge is 0.212 e. The molecule has 0 aliphatic carbocycles. The third-order valence-corrected chi connectivity index (χ3v) is 4.53. The van der Waals surface area contributed by atoms with Crippen LogP contribution >= 0.6 is 11.8 Å². The van der Waals surface area contributed by atoms with Crippen LogP contribution in [0.5, 0.6) is 0 Å². The van der Waals surface area contributed by atoms with Gasteiger partial charge in [0.1, 0.15) is 0 Å². The first-order chi connectivity index (χ1) is 12.2. The molecule has 4 aromatic rings. The number of fused-ring (bicyclic) bond motifs is 1. The lowest BCUT2D eigenvalue weighted by molar-refractivity contribution is 0.507.